The summed E-state index contributed by atoms with van der Waals surface area (Å²) in [4.78, 5) is 21.4. The number of halogens is 1. The molecule has 18 heavy (non-hydrogen) atoms. The van der Waals surface area contributed by atoms with Gasteiger partial charge in [-0.2, -0.15) is 0 Å². The number of nitrogens with one attached hydrogen (secondary N) is 1. The number of hydrogen-bond donors (Lipinski definition) is 1. The quantitative estimate of drug-likeness (QED) is 0.879. The van der Waals surface area contributed by atoms with Gasteiger partial charge in [0.15, 0.2) is 0 Å². The minimum Gasteiger partial charge on any atom is -0.353 e. The van der Waals surface area contributed by atoms with E-state index in [4.69, 9.17) is 0 Å². The van der Waals surface area contributed by atoms with E-state index >= 15 is 0 Å². The predicted octanol–water partition coefficient (Wildman–Crippen LogP) is 2.37. The van der Waals surface area contributed by atoms with Gasteiger partial charge in [-0.1, -0.05) is 0 Å². The Labute approximate surface area is 113 Å². The number of fused-ring (bicyclic) bond motifs is 1. The van der Waals surface area contributed by atoms with Crippen LogP contribution in [0.5, 0.6) is 0 Å². The fraction of sp³-hybridized carbons (Fsp3) is 0.231. The molecule has 0 bridgehead atoms. The Morgan fingerprint density at radius 1 is 1.50 bits per heavy atom. The Kier molecular flexibility index (Phi) is 2.91. The summed E-state index contributed by atoms with van der Waals surface area (Å²) < 4.78 is 0.975. The van der Waals surface area contributed by atoms with Crippen LogP contribution in [0.2, 0.25) is 0 Å². The Morgan fingerprint density at radius 3 is 3.17 bits per heavy atom. The van der Waals surface area contributed by atoms with Gasteiger partial charge in [-0.05, 0) is 39.7 Å². The maximum Gasteiger partial charge on any atom is 0.255 e. The van der Waals surface area contributed by atoms with Gasteiger partial charge >= 0.3 is 0 Å². The molecule has 3 rings (SSSR count). The molecule has 3 heterocycles. The Balaban J connectivity index is 1.82. The van der Waals surface area contributed by atoms with E-state index in [0.717, 1.165) is 17.6 Å². The molecule has 4 nitrogen and oxygen atoms in total. The highest BCUT2D eigenvalue weighted by molar-refractivity contribution is 9.10. The van der Waals surface area contributed by atoms with Crippen molar-refractivity contribution in [3.05, 3.63) is 52.0 Å². The van der Waals surface area contributed by atoms with Crippen LogP contribution in [0, 0.1) is 0 Å². The van der Waals surface area contributed by atoms with Gasteiger partial charge in [0.1, 0.15) is 0 Å². The summed E-state index contributed by atoms with van der Waals surface area (Å²) in [6.07, 6.45) is 4.16. The number of nitrogens with zero attached hydrogens (tertiary/aromatic N) is 2. The standard InChI is InChI=1S/C13H12BrN3O/c14-12-6-10-8-17(5-3-11(10)16-12)13(18)9-2-1-4-15-7-9/h1-2,4,6-7,16H,3,5,8H2. The van der Waals surface area contributed by atoms with E-state index in [1.807, 2.05) is 11.0 Å². The first-order valence-electron chi connectivity index (χ1n) is 5.79. The third-order valence-corrected chi connectivity index (χ3v) is 3.57. The van der Waals surface area contributed by atoms with Crippen LogP contribution >= 0.6 is 15.9 Å². The van der Waals surface area contributed by atoms with Crippen LogP contribution in [0.15, 0.2) is 35.2 Å². The van der Waals surface area contributed by atoms with Crippen molar-refractivity contribution in [2.45, 2.75) is 13.0 Å². The highest BCUT2D eigenvalue weighted by Gasteiger charge is 2.23. The predicted molar refractivity (Wildman–Crippen MR) is 71.2 cm³/mol. The van der Waals surface area contributed by atoms with Crippen molar-refractivity contribution in [3.8, 4) is 0 Å². The summed E-state index contributed by atoms with van der Waals surface area (Å²) in [5.74, 6) is 0.0473. The normalized spacial score (nSPS) is 14.4. The number of aromatic nitrogens is 2. The van der Waals surface area contributed by atoms with Gasteiger partial charge in [0.2, 0.25) is 0 Å². The highest BCUT2D eigenvalue weighted by atomic mass is 79.9. The smallest absolute Gasteiger partial charge is 0.255 e. The molecule has 1 amide bonds. The zero-order valence-corrected chi connectivity index (χ0v) is 11.3. The monoisotopic (exact) mass is 305 g/mol. The van der Waals surface area contributed by atoms with Gasteiger partial charge < -0.3 is 9.88 Å². The molecule has 0 aromatic carbocycles. The average molecular weight is 306 g/mol. The molecular weight excluding hydrogens is 294 g/mol. The van der Waals surface area contributed by atoms with Crippen molar-refractivity contribution >= 4 is 21.8 Å². The molecule has 0 unspecified atom stereocenters. The van der Waals surface area contributed by atoms with Crippen LogP contribution in [0.3, 0.4) is 0 Å². The number of amides is 1. The van der Waals surface area contributed by atoms with E-state index in [-0.39, 0.29) is 5.91 Å². The van der Waals surface area contributed by atoms with Crippen molar-refractivity contribution in [1.82, 2.24) is 14.9 Å². The minimum absolute atomic E-state index is 0.0473. The summed E-state index contributed by atoms with van der Waals surface area (Å²) in [5, 5.41) is 0. The zero-order chi connectivity index (χ0) is 12.5. The minimum atomic E-state index is 0.0473. The third-order valence-electron chi connectivity index (χ3n) is 3.15. The molecule has 0 saturated heterocycles. The van der Waals surface area contributed by atoms with Crippen LogP contribution in [-0.2, 0) is 13.0 Å². The summed E-state index contributed by atoms with van der Waals surface area (Å²) in [6.45, 7) is 1.40. The van der Waals surface area contributed by atoms with Gasteiger partial charge in [-0.3, -0.25) is 9.78 Å². The zero-order valence-electron chi connectivity index (χ0n) is 9.69. The van der Waals surface area contributed by atoms with Crippen LogP contribution in [0.1, 0.15) is 21.6 Å². The molecule has 2 aromatic heterocycles. The van der Waals surface area contributed by atoms with Crippen molar-refractivity contribution in [1.29, 1.82) is 0 Å². The largest absolute Gasteiger partial charge is 0.353 e. The van der Waals surface area contributed by atoms with Gasteiger partial charge in [-0.15, -0.1) is 0 Å². The maximum absolute atomic E-state index is 12.3. The van der Waals surface area contributed by atoms with E-state index < -0.39 is 0 Å². The van der Waals surface area contributed by atoms with Crippen molar-refractivity contribution in [2.75, 3.05) is 6.54 Å². The van der Waals surface area contributed by atoms with Gasteiger partial charge in [0.25, 0.3) is 5.91 Å². The lowest BCUT2D eigenvalue weighted by molar-refractivity contribution is 0.0734. The van der Waals surface area contributed by atoms with E-state index in [0.29, 0.717) is 12.1 Å². The first-order chi connectivity index (χ1) is 8.74. The molecule has 0 spiro atoms. The van der Waals surface area contributed by atoms with E-state index in [1.54, 1.807) is 24.5 Å². The lowest BCUT2D eigenvalue weighted by Crippen LogP contribution is -2.35. The Bertz CT molecular complexity index is 579. The number of H-pyrrole nitrogens is 1. The van der Waals surface area contributed by atoms with Crippen molar-refractivity contribution in [2.24, 2.45) is 0 Å². The SMILES string of the molecule is O=C(c1cccnc1)N1CCc2[nH]c(Br)cc2C1. The topological polar surface area (TPSA) is 49.0 Å². The molecule has 92 valence electrons. The molecular formula is C13H12BrN3O. The molecule has 2 aromatic rings. The summed E-state index contributed by atoms with van der Waals surface area (Å²) in [5.41, 5.74) is 3.05. The maximum atomic E-state index is 12.3. The van der Waals surface area contributed by atoms with E-state index in [1.165, 1.54) is 11.3 Å². The summed E-state index contributed by atoms with van der Waals surface area (Å²) >= 11 is 3.43. The summed E-state index contributed by atoms with van der Waals surface area (Å²) in [6, 6.07) is 5.63. The molecule has 0 radical (unpaired) electrons. The average Bonchev–Trinajstić information content (AvgIpc) is 2.78. The fourth-order valence-corrected chi connectivity index (χ4v) is 2.76. The van der Waals surface area contributed by atoms with Crippen molar-refractivity contribution < 1.29 is 4.79 Å². The second kappa shape index (κ2) is 4.57. The van der Waals surface area contributed by atoms with Crippen LogP contribution in [0.4, 0.5) is 0 Å². The fourth-order valence-electron chi connectivity index (χ4n) is 2.24. The molecule has 0 fully saturated rings. The molecule has 1 aliphatic rings. The number of rotatable bonds is 1. The van der Waals surface area contributed by atoms with Crippen LogP contribution in [0.25, 0.3) is 0 Å². The second-order valence-electron chi connectivity index (χ2n) is 4.34. The molecule has 1 N–H and O–H groups in total. The van der Waals surface area contributed by atoms with Crippen LogP contribution in [-0.4, -0.2) is 27.3 Å². The van der Waals surface area contributed by atoms with E-state index in [2.05, 4.69) is 25.9 Å². The Morgan fingerprint density at radius 2 is 2.39 bits per heavy atom. The molecule has 0 aliphatic carbocycles. The molecule has 1 aliphatic heterocycles. The second-order valence-corrected chi connectivity index (χ2v) is 5.19. The first kappa shape index (κ1) is 11.5. The number of pyridine rings is 1. The Hall–Kier alpha value is -1.62. The lowest BCUT2D eigenvalue weighted by atomic mass is 10.1. The number of hydrogen-bond acceptors (Lipinski definition) is 2. The summed E-state index contributed by atoms with van der Waals surface area (Å²) in [7, 11) is 0. The van der Waals surface area contributed by atoms with Gasteiger partial charge in [0, 0.05) is 37.6 Å². The van der Waals surface area contributed by atoms with Gasteiger partial charge in [0.05, 0.1) is 10.2 Å². The highest BCUT2D eigenvalue weighted by Crippen LogP contribution is 2.23. The third kappa shape index (κ3) is 2.06. The number of carbonyl (C=O) groups excluding carboxylic acids is 1. The lowest BCUT2D eigenvalue weighted by Gasteiger charge is -2.26. The molecule has 0 atom stereocenters. The van der Waals surface area contributed by atoms with Crippen LogP contribution < -0.4 is 0 Å². The number of aromatic amines is 1. The van der Waals surface area contributed by atoms with E-state index in [9.17, 15) is 4.79 Å². The van der Waals surface area contributed by atoms with Gasteiger partial charge in [-0.25, -0.2) is 0 Å². The first-order valence-corrected chi connectivity index (χ1v) is 6.59. The molecule has 0 saturated carbocycles. The molecule has 5 heteroatoms. The van der Waals surface area contributed by atoms with Crippen molar-refractivity contribution in [3.63, 3.8) is 0 Å². The number of carbonyl (C=O) groups is 1.